The Balaban J connectivity index is 1.51. The Morgan fingerprint density at radius 2 is 2.26 bits per heavy atom. The number of aromatic nitrogens is 4. The molecule has 1 atom stereocenters. The van der Waals surface area contributed by atoms with E-state index in [1.807, 2.05) is 36.5 Å². The maximum atomic E-state index is 12.9. The first-order chi connectivity index (χ1) is 13.3. The topological polar surface area (TPSA) is 77.0 Å². The summed E-state index contributed by atoms with van der Waals surface area (Å²) in [6.45, 7) is 4.09. The molecule has 1 fully saturated rings. The number of carbonyl (C=O) groups is 1. The molecular formula is C20H23N5O2. The monoisotopic (exact) mass is 365 g/mol. The maximum absolute atomic E-state index is 12.9. The molecular weight excluding hydrogens is 342 g/mol. The lowest BCUT2D eigenvalue weighted by molar-refractivity contribution is 0.0696. The molecule has 1 amide bonds. The molecule has 3 aromatic rings. The number of aryl methyl sites for hydroxylation is 1. The first kappa shape index (κ1) is 17.5. The Morgan fingerprint density at radius 3 is 3.07 bits per heavy atom. The van der Waals surface area contributed by atoms with Gasteiger partial charge in [0, 0.05) is 50.2 Å². The first-order valence-corrected chi connectivity index (χ1v) is 9.37. The molecule has 140 valence electrons. The molecule has 4 rings (SSSR count). The molecule has 0 aliphatic carbocycles. The quantitative estimate of drug-likeness (QED) is 0.695. The summed E-state index contributed by atoms with van der Waals surface area (Å²) in [7, 11) is 0. The number of rotatable bonds is 5. The summed E-state index contributed by atoms with van der Waals surface area (Å²) >= 11 is 0. The normalized spacial score (nSPS) is 17.2. The van der Waals surface area contributed by atoms with Gasteiger partial charge in [-0.1, -0.05) is 13.0 Å². The van der Waals surface area contributed by atoms with Crippen molar-refractivity contribution in [3.63, 3.8) is 0 Å². The van der Waals surface area contributed by atoms with Gasteiger partial charge in [0.15, 0.2) is 12.1 Å². The molecule has 7 heteroatoms. The lowest BCUT2D eigenvalue weighted by Gasteiger charge is -2.32. The molecule has 0 saturated carbocycles. The first-order valence-electron chi connectivity index (χ1n) is 9.37. The number of nitrogens with zero attached hydrogens (tertiary/aromatic N) is 5. The van der Waals surface area contributed by atoms with Crippen LogP contribution in [0.1, 0.15) is 53.3 Å². The van der Waals surface area contributed by atoms with Crippen molar-refractivity contribution in [3.05, 3.63) is 66.2 Å². The SMILES string of the molecule is CCc1ocnc1C(=O)N1CCC[C@H](c2nccn2Cc2cccnc2)C1. The third-order valence-corrected chi connectivity index (χ3v) is 5.06. The van der Waals surface area contributed by atoms with Crippen LogP contribution in [-0.2, 0) is 13.0 Å². The summed E-state index contributed by atoms with van der Waals surface area (Å²) in [5.41, 5.74) is 1.58. The Hall–Kier alpha value is -2.96. The van der Waals surface area contributed by atoms with Crippen LogP contribution in [0.4, 0.5) is 0 Å². The number of oxazole rings is 1. The Morgan fingerprint density at radius 1 is 1.33 bits per heavy atom. The van der Waals surface area contributed by atoms with E-state index in [9.17, 15) is 4.79 Å². The fraction of sp³-hybridized carbons (Fsp3) is 0.400. The van der Waals surface area contributed by atoms with Crippen LogP contribution >= 0.6 is 0 Å². The highest BCUT2D eigenvalue weighted by atomic mass is 16.3. The van der Waals surface area contributed by atoms with E-state index >= 15 is 0 Å². The second-order valence-corrected chi connectivity index (χ2v) is 6.84. The highest BCUT2D eigenvalue weighted by Gasteiger charge is 2.30. The molecule has 1 aliphatic heterocycles. The van der Waals surface area contributed by atoms with Gasteiger partial charge in [-0.25, -0.2) is 9.97 Å². The number of hydrogen-bond donors (Lipinski definition) is 0. The van der Waals surface area contributed by atoms with Crippen molar-refractivity contribution in [1.82, 2.24) is 24.4 Å². The highest BCUT2D eigenvalue weighted by Crippen LogP contribution is 2.27. The van der Waals surface area contributed by atoms with Crippen LogP contribution in [0.3, 0.4) is 0 Å². The second-order valence-electron chi connectivity index (χ2n) is 6.84. The molecule has 0 bridgehead atoms. The number of pyridine rings is 1. The van der Waals surface area contributed by atoms with E-state index in [4.69, 9.17) is 4.42 Å². The minimum atomic E-state index is -0.0457. The van der Waals surface area contributed by atoms with Crippen molar-refractivity contribution >= 4 is 5.91 Å². The molecule has 3 aromatic heterocycles. The van der Waals surface area contributed by atoms with Gasteiger partial charge in [-0.2, -0.15) is 0 Å². The average Bonchev–Trinajstić information content (AvgIpc) is 3.37. The summed E-state index contributed by atoms with van der Waals surface area (Å²) in [5, 5.41) is 0. The fourth-order valence-electron chi connectivity index (χ4n) is 3.72. The van der Waals surface area contributed by atoms with Crippen molar-refractivity contribution < 1.29 is 9.21 Å². The smallest absolute Gasteiger partial charge is 0.276 e. The van der Waals surface area contributed by atoms with Gasteiger partial charge >= 0.3 is 0 Å². The Labute approximate surface area is 158 Å². The van der Waals surface area contributed by atoms with Crippen LogP contribution in [0, 0.1) is 0 Å². The van der Waals surface area contributed by atoms with Crippen LogP contribution in [0.2, 0.25) is 0 Å². The third kappa shape index (κ3) is 3.63. The predicted molar refractivity (Wildman–Crippen MR) is 99.3 cm³/mol. The van der Waals surface area contributed by atoms with Gasteiger partial charge in [-0.3, -0.25) is 9.78 Å². The molecule has 1 saturated heterocycles. The summed E-state index contributed by atoms with van der Waals surface area (Å²) < 4.78 is 7.49. The molecule has 0 spiro atoms. The lowest BCUT2D eigenvalue weighted by atomic mass is 9.96. The highest BCUT2D eigenvalue weighted by molar-refractivity contribution is 5.93. The van der Waals surface area contributed by atoms with Gasteiger partial charge in [0.2, 0.25) is 0 Å². The number of likely N-dealkylation sites (tertiary alicyclic amines) is 1. The van der Waals surface area contributed by atoms with E-state index in [-0.39, 0.29) is 11.8 Å². The van der Waals surface area contributed by atoms with Crippen LogP contribution < -0.4 is 0 Å². The Kier molecular flexibility index (Phi) is 5.00. The number of piperidine rings is 1. The summed E-state index contributed by atoms with van der Waals surface area (Å²) in [5.74, 6) is 1.84. The van der Waals surface area contributed by atoms with E-state index in [1.54, 1.807) is 6.20 Å². The third-order valence-electron chi connectivity index (χ3n) is 5.06. The van der Waals surface area contributed by atoms with Gasteiger partial charge < -0.3 is 13.9 Å². The van der Waals surface area contributed by atoms with Gasteiger partial charge in [0.05, 0.1) is 6.54 Å². The standard InChI is InChI=1S/C20H23N5O2/c1-2-17-18(23-14-27-17)20(26)25-9-4-6-16(13-25)19-22-8-10-24(19)12-15-5-3-7-21-11-15/h3,5,7-8,10-11,14,16H,2,4,6,9,12-13H2,1H3/t16-/m0/s1. The minimum absolute atomic E-state index is 0.0457. The molecule has 4 heterocycles. The molecule has 0 aromatic carbocycles. The van der Waals surface area contributed by atoms with Gasteiger partial charge in [-0.15, -0.1) is 0 Å². The summed E-state index contributed by atoms with van der Waals surface area (Å²) in [4.78, 5) is 27.7. The van der Waals surface area contributed by atoms with Crippen molar-refractivity contribution in [1.29, 1.82) is 0 Å². The summed E-state index contributed by atoms with van der Waals surface area (Å²) in [6, 6.07) is 4.00. The molecule has 0 unspecified atom stereocenters. The van der Waals surface area contributed by atoms with Gasteiger partial charge in [0.25, 0.3) is 5.91 Å². The lowest BCUT2D eigenvalue weighted by Crippen LogP contribution is -2.40. The van der Waals surface area contributed by atoms with Crippen LogP contribution in [0.15, 0.2) is 47.7 Å². The fourth-order valence-corrected chi connectivity index (χ4v) is 3.72. The second kappa shape index (κ2) is 7.73. The van der Waals surface area contributed by atoms with Gasteiger partial charge in [-0.05, 0) is 24.5 Å². The van der Waals surface area contributed by atoms with Crippen molar-refractivity contribution in [2.45, 2.75) is 38.6 Å². The van der Waals surface area contributed by atoms with Crippen molar-refractivity contribution in [3.8, 4) is 0 Å². The number of amides is 1. The Bertz CT molecular complexity index is 902. The molecule has 0 N–H and O–H groups in total. The van der Waals surface area contributed by atoms with Crippen LogP contribution in [-0.4, -0.2) is 43.4 Å². The number of carbonyl (C=O) groups excluding carboxylic acids is 1. The van der Waals surface area contributed by atoms with Crippen LogP contribution in [0.5, 0.6) is 0 Å². The zero-order valence-corrected chi connectivity index (χ0v) is 15.4. The van der Waals surface area contributed by atoms with E-state index < -0.39 is 0 Å². The van der Waals surface area contributed by atoms with E-state index in [2.05, 4.69) is 25.6 Å². The molecule has 7 nitrogen and oxygen atoms in total. The molecule has 0 radical (unpaired) electrons. The predicted octanol–water partition coefficient (Wildman–Crippen LogP) is 2.90. The van der Waals surface area contributed by atoms with E-state index in [0.29, 0.717) is 24.4 Å². The van der Waals surface area contributed by atoms with Crippen molar-refractivity contribution in [2.24, 2.45) is 0 Å². The van der Waals surface area contributed by atoms with Gasteiger partial charge in [0.1, 0.15) is 11.6 Å². The maximum Gasteiger partial charge on any atom is 0.276 e. The summed E-state index contributed by atoms with van der Waals surface area (Å²) in [6.07, 6.45) is 11.5. The zero-order valence-electron chi connectivity index (χ0n) is 15.4. The van der Waals surface area contributed by atoms with Crippen molar-refractivity contribution in [2.75, 3.05) is 13.1 Å². The zero-order chi connectivity index (χ0) is 18.6. The molecule has 1 aliphatic rings. The largest absolute Gasteiger partial charge is 0.448 e. The minimum Gasteiger partial charge on any atom is -0.448 e. The number of hydrogen-bond acceptors (Lipinski definition) is 5. The van der Waals surface area contributed by atoms with E-state index in [1.165, 1.54) is 6.39 Å². The van der Waals surface area contributed by atoms with E-state index in [0.717, 1.165) is 37.3 Å². The molecule has 27 heavy (non-hydrogen) atoms. The van der Waals surface area contributed by atoms with Crippen LogP contribution in [0.25, 0.3) is 0 Å². The average molecular weight is 365 g/mol. The number of imidazole rings is 1.